The summed E-state index contributed by atoms with van der Waals surface area (Å²) < 4.78 is 10.6. The summed E-state index contributed by atoms with van der Waals surface area (Å²) in [5.41, 5.74) is 2.35. The minimum Gasteiger partial charge on any atom is -0.497 e. The molecule has 4 rings (SSSR count). The Morgan fingerprint density at radius 2 is 1.85 bits per heavy atom. The van der Waals surface area contributed by atoms with E-state index in [9.17, 15) is 9.59 Å². The standard InChI is InChI=1S/C23H25N5O4S/c1-14-6-8-15(9-7-14)24-20(29)22-27-26-21(33-22)18-5-4-12-28(18)23(30)25-17-11-10-16(31-2)13-19(17)32-3/h6-11,13,18H,4-5,12H2,1-3H3,(H,24,29)(H,25,30)/t18-/m1/s1. The predicted octanol–water partition coefficient (Wildman–Crippen LogP) is 4.49. The van der Waals surface area contributed by atoms with E-state index in [1.807, 2.05) is 31.2 Å². The number of amides is 3. The van der Waals surface area contributed by atoms with Crippen LogP contribution >= 0.6 is 11.3 Å². The van der Waals surface area contributed by atoms with Gasteiger partial charge < -0.3 is 25.0 Å². The van der Waals surface area contributed by atoms with E-state index in [0.717, 1.165) is 18.4 Å². The van der Waals surface area contributed by atoms with Gasteiger partial charge in [-0.1, -0.05) is 29.0 Å². The summed E-state index contributed by atoms with van der Waals surface area (Å²) >= 11 is 1.20. The van der Waals surface area contributed by atoms with E-state index >= 15 is 0 Å². The zero-order valence-electron chi connectivity index (χ0n) is 18.6. The van der Waals surface area contributed by atoms with E-state index in [1.54, 1.807) is 30.2 Å². The number of ether oxygens (including phenoxy) is 2. The summed E-state index contributed by atoms with van der Waals surface area (Å²) in [6, 6.07) is 12.2. The number of aromatic nitrogens is 2. The molecule has 2 N–H and O–H groups in total. The molecule has 0 unspecified atom stereocenters. The molecule has 1 aliphatic rings. The van der Waals surface area contributed by atoms with Crippen LogP contribution in [0.15, 0.2) is 42.5 Å². The van der Waals surface area contributed by atoms with Gasteiger partial charge >= 0.3 is 6.03 Å². The number of hydrogen-bond donors (Lipinski definition) is 2. The van der Waals surface area contributed by atoms with Crippen LogP contribution in [0, 0.1) is 6.92 Å². The number of nitrogens with one attached hydrogen (secondary N) is 2. The summed E-state index contributed by atoms with van der Waals surface area (Å²) in [4.78, 5) is 27.3. The Balaban J connectivity index is 1.45. The maximum atomic E-state index is 13.0. The second kappa shape index (κ2) is 9.86. The number of carbonyl (C=O) groups excluding carboxylic acids is 2. The van der Waals surface area contributed by atoms with Crippen LogP contribution < -0.4 is 20.1 Å². The monoisotopic (exact) mass is 467 g/mol. The fraction of sp³-hybridized carbons (Fsp3) is 0.304. The Hall–Kier alpha value is -3.66. The third kappa shape index (κ3) is 5.06. The number of rotatable bonds is 6. The molecule has 0 bridgehead atoms. The molecule has 2 heterocycles. The van der Waals surface area contributed by atoms with Gasteiger partial charge in [0.25, 0.3) is 5.91 Å². The van der Waals surface area contributed by atoms with Crippen LogP contribution in [0.25, 0.3) is 0 Å². The third-order valence-electron chi connectivity index (χ3n) is 5.39. The van der Waals surface area contributed by atoms with E-state index in [2.05, 4.69) is 20.8 Å². The van der Waals surface area contributed by atoms with Crippen LogP contribution in [0.3, 0.4) is 0 Å². The van der Waals surface area contributed by atoms with Crippen LogP contribution in [0.1, 0.15) is 39.3 Å². The molecule has 2 aromatic carbocycles. The van der Waals surface area contributed by atoms with Crippen molar-refractivity contribution in [3.8, 4) is 11.5 Å². The molecule has 172 valence electrons. The van der Waals surface area contributed by atoms with E-state index in [0.29, 0.717) is 34.4 Å². The Kier molecular flexibility index (Phi) is 6.74. The molecular weight excluding hydrogens is 442 g/mol. The topological polar surface area (TPSA) is 106 Å². The lowest BCUT2D eigenvalue weighted by Crippen LogP contribution is -2.34. The van der Waals surface area contributed by atoms with Gasteiger partial charge in [-0.05, 0) is 44.0 Å². The van der Waals surface area contributed by atoms with Gasteiger partial charge in [-0.25, -0.2) is 4.79 Å². The number of urea groups is 1. The summed E-state index contributed by atoms with van der Waals surface area (Å²) in [5.74, 6) is 0.818. The first kappa shape index (κ1) is 22.5. The van der Waals surface area contributed by atoms with Gasteiger partial charge in [0.05, 0.1) is 25.9 Å². The van der Waals surface area contributed by atoms with Crippen molar-refractivity contribution >= 4 is 34.6 Å². The highest BCUT2D eigenvalue weighted by Gasteiger charge is 2.33. The summed E-state index contributed by atoms with van der Waals surface area (Å²) in [6.45, 7) is 2.57. The average Bonchev–Trinajstić information content (AvgIpc) is 3.50. The predicted molar refractivity (Wildman–Crippen MR) is 126 cm³/mol. The van der Waals surface area contributed by atoms with Crippen molar-refractivity contribution in [1.82, 2.24) is 15.1 Å². The molecule has 3 amide bonds. The largest absolute Gasteiger partial charge is 0.497 e. The van der Waals surface area contributed by atoms with Gasteiger partial charge in [0, 0.05) is 18.3 Å². The van der Waals surface area contributed by atoms with Gasteiger partial charge in [-0.3, -0.25) is 4.79 Å². The highest BCUT2D eigenvalue weighted by Crippen LogP contribution is 2.35. The van der Waals surface area contributed by atoms with Gasteiger partial charge in [0.15, 0.2) is 0 Å². The molecule has 3 aromatic rings. The summed E-state index contributed by atoms with van der Waals surface area (Å²) in [5, 5.41) is 14.9. The third-order valence-corrected chi connectivity index (χ3v) is 6.42. The molecule has 0 radical (unpaired) electrons. The Bertz CT molecular complexity index is 1150. The van der Waals surface area contributed by atoms with Crippen molar-refractivity contribution in [2.75, 3.05) is 31.4 Å². The van der Waals surface area contributed by atoms with Crippen LogP contribution in [0.5, 0.6) is 11.5 Å². The molecule has 1 atom stereocenters. The number of likely N-dealkylation sites (tertiary alicyclic amines) is 1. The van der Waals surface area contributed by atoms with Crippen molar-refractivity contribution < 1.29 is 19.1 Å². The van der Waals surface area contributed by atoms with Crippen molar-refractivity contribution in [3.63, 3.8) is 0 Å². The molecule has 1 aromatic heterocycles. The number of benzene rings is 2. The second-order valence-electron chi connectivity index (χ2n) is 7.61. The quantitative estimate of drug-likeness (QED) is 0.554. The van der Waals surface area contributed by atoms with Crippen LogP contribution in [-0.2, 0) is 0 Å². The van der Waals surface area contributed by atoms with E-state index in [-0.39, 0.29) is 23.0 Å². The van der Waals surface area contributed by atoms with Crippen molar-refractivity contribution in [1.29, 1.82) is 0 Å². The minimum absolute atomic E-state index is 0.243. The first-order chi connectivity index (χ1) is 16.0. The fourth-order valence-corrected chi connectivity index (χ4v) is 4.52. The highest BCUT2D eigenvalue weighted by atomic mass is 32.1. The average molecular weight is 468 g/mol. The van der Waals surface area contributed by atoms with Crippen LogP contribution in [0.2, 0.25) is 0 Å². The van der Waals surface area contributed by atoms with Gasteiger partial charge in [-0.15, -0.1) is 10.2 Å². The SMILES string of the molecule is COc1ccc(NC(=O)N2CCC[C@@H]2c2nnc(C(=O)Nc3ccc(C)cc3)s2)c(OC)c1. The Labute approximate surface area is 195 Å². The van der Waals surface area contributed by atoms with Crippen molar-refractivity contribution in [2.24, 2.45) is 0 Å². The zero-order chi connectivity index (χ0) is 23.4. The minimum atomic E-state index is -0.320. The Morgan fingerprint density at radius 3 is 2.58 bits per heavy atom. The lowest BCUT2D eigenvalue weighted by atomic mass is 10.2. The van der Waals surface area contributed by atoms with Crippen LogP contribution in [0.4, 0.5) is 16.2 Å². The maximum Gasteiger partial charge on any atom is 0.322 e. The molecule has 9 nitrogen and oxygen atoms in total. The summed E-state index contributed by atoms with van der Waals surface area (Å²) in [7, 11) is 3.10. The molecule has 1 fully saturated rings. The number of hydrogen-bond acceptors (Lipinski definition) is 7. The van der Waals surface area contributed by atoms with E-state index in [1.165, 1.54) is 18.4 Å². The molecule has 1 aliphatic heterocycles. The summed E-state index contributed by atoms with van der Waals surface area (Å²) in [6.07, 6.45) is 1.59. The van der Waals surface area contributed by atoms with Crippen LogP contribution in [-0.4, -0.2) is 47.8 Å². The van der Waals surface area contributed by atoms with Gasteiger partial charge in [0.2, 0.25) is 5.01 Å². The zero-order valence-corrected chi connectivity index (χ0v) is 19.4. The Morgan fingerprint density at radius 1 is 1.06 bits per heavy atom. The number of nitrogens with zero attached hydrogens (tertiary/aromatic N) is 3. The first-order valence-electron chi connectivity index (χ1n) is 10.5. The van der Waals surface area contributed by atoms with Crippen molar-refractivity contribution in [2.45, 2.75) is 25.8 Å². The fourth-order valence-electron chi connectivity index (χ4n) is 3.64. The normalized spacial score (nSPS) is 15.2. The van der Waals surface area contributed by atoms with Gasteiger partial charge in [0.1, 0.15) is 16.5 Å². The number of methoxy groups -OCH3 is 2. The van der Waals surface area contributed by atoms with Crippen molar-refractivity contribution in [3.05, 3.63) is 58.0 Å². The smallest absolute Gasteiger partial charge is 0.322 e. The molecule has 10 heteroatoms. The molecule has 0 spiro atoms. The number of anilines is 2. The van der Waals surface area contributed by atoms with Gasteiger partial charge in [-0.2, -0.15) is 0 Å². The molecule has 1 saturated heterocycles. The van der Waals surface area contributed by atoms with E-state index in [4.69, 9.17) is 9.47 Å². The number of carbonyl (C=O) groups is 2. The highest BCUT2D eigenvalue weighted by molar-refractivity contribution is 7.13. The second-order valence-corrected chi connectivity index (χ2v) is 8.62. The number of aryl methyl sites for hydroxylation is 1. The molecule has 33 heavy (non-hydrogen) atoms. The van der Waals surface area contributed by atoms with E-state index < -0.39 is 0 Å². The molecule has 0 saturated carbocycles. The molecular formula is C23H25N5O4S. The lowest BCUT2D eigenvalue weighted by molar-refractivity contribution is 0.102. The first-order valence-corrected chi connectivity index (χ1v) is 11.3. The lowest BCUT2D eigenvalue weighted by Gasteiger charge is -2.23. The maximum absolute atomic E-state index is 13.0. The molecule has 0 aliphatic carbocycles.